The molecule has 14 heteroatoms. The highest BCUT2D eigenvalue weighted by molar-refractivity contribution is 7.89. The van der Waals surface area contributed by atoms with Gasteiger partial charge in [0.05, 0.1) is 18.3 Å². The molecule has 0 unspecified atom stereocenters. The molecular formula is C24H28F3N7O3S. The number of benzene rings is 2. The average Bonchev–Trinajstić information content (AvgIpc) is 3.43. The number of halogens is 3. The van der Waals surface area contributed by atoms with Gasteiger partial charge in [-0.15, -0.1) is 5.10 Å². The molecule has 0 saturated carbocycles. The summed E-state index contributed by atoms with van der Waals surface area (Å²) >= 11 is 0. The quantitative estimate of drug-likeness (QED) is 0.425. The number of alkyl halides is 3. The Morgan fingerprint density at radius 1 is 1.11 bits per heavy atom. The Hall–Kier alpha value is -2.91. The Labute approximate surface area is 217 Å². The summed E-state index contributed by atoms with van der Waals surface area (Å²) in [5.41, 5.74) is 0.132. The first-order valence-corrected chi connectivity index (χ1v) is 13.8. The van der Waals surface area contributed by atoms with Gasteiger partial charge in [-0.3, -0.25) is 0 Å². The first-order valence-electron chi connectivity index (χ1n) is 12.3. The molecule has 2 aromatic carbocycles. The predicted octanol–water partition coefficient (Wildman–Crippen LogP) is 2.37. The lowest BCUT2D eigenvalue weighted by Gasteiger charge is -2.35. The maximum Gasteiger partial charge on any atom is 0.417 e. The topological polar surface area (TPSA) is 139 Å². The van der Waals surface area contributed by atoms with E-state index < -0.39 is 26.7 Å². The smallest absolute Gasteiger partial charge is 0.374 e. The van der Waals surface area contributed by atoms with Gasteiger partial charge in [-0.05, 0) is 65.0 Å². The minimum atomic E-state index is -4.96. The van der Waals surface area contributed by atoms with Crippen LogP contribution in [0.5, 0.6) is 0 Å². The third kappa shape index (κ3) is 5.73. The number of nitrogens with one attached hydrogen (secondary N) is 2. The number of primary sulfonamides is 1. The van der Waals surface area contributed by atoms with Crippen LogP contribution >= 0.6 is 0 Å². The van der Waals surface area contributed by atoms with Crippen LogP contribution in [0.4, 0.5) is 13.2 Å². The van der Waals surface area contributed by atoms with E-state index >= 15 is 0 Å². The number of aromatic amines is 1. The van der Waals surface area contributed by atoms with Crippen LogP contribution in [0.2, 0.25) is 0 Å². The molecule has 0 bridgehead atoms. The van der Waals surface area contributed by atoms with Crippen molar-refractivity contribution in [1.82, 2.24) is 30.8 Å². The van der Waals surface area contributed by atoms with Gasteiger partial charge in [-0.2, -0.15) is 13.2 Å². The van der Waals surface area contributed by atoms with Crippen LogP contribution < -0.4 is 10.5 Å². The number of likely N-dealkylation sites (tertiary alicyclic amines) is 1. The second kappa shape index (κ2) is 10.7. The van der Waals surface area contributed by atoms with E-state index in [4.69, 9.17) is 9.88 Å². The van der Waals surface area contributed by atoms with Crippen LogP contribution in [0.15, 0.2) is 41.3 Å². The summed E-state index contributed by atoms with van der Waals surface area (Å²) in [6.45, 7) is 5.29. The number of ether oxygens (including phenoxy) is 1. The maximum atomic E-state index is 13.8. The van der Waals surface area contributed by atoms with E-state index in [9.17, 15) is 21.6 Å². The third-order valence-electron chi connectivity index (χ3n) is 7.08. The fourth-order valence-corrected chi connectivity index (χ4v) is 6.23. The van der Waals surface area contributed by atoms with E-state index in [2.05, 4.69) is 30.8 Å². The van der Waals surface area contributed by atoms with Crippen molar-refractivity contribution in [2.45, 2.75) is 35.9 Å². The molecule has 3 heterocycles. The number of aromatic nitrogens is 4. The largest absolute Gasteiger partial charge is 0.417 e. The van der Waals surface area contributed by atoms with Crippen molar-refractivity contribution in [3.05, 3.63) is 47.5 Å². The number of rotatable bonds is 6. The van der Waals surface area contributed by atoms with E-state index in [-0.39, 0.29) is 23.1 Å². The van der Waals surface area contributed by atoms with Gasteiger partial charge >= 0.3 is 6.18 Å². The normalized spacial score (nSPS) is 20.1. The Kier molecular flexibility index (Phi) is 7.51. The lowest BCUT2D eigenvalue weighted by Crippen LogP contribution is -2.47. The number of hydrogen-bond acceptors (Lipinski definition) is 8. The van der Waals surface area contributed by atoms with Crippen molar-refractivity contribution in [2.75, 3.05) is 39.3 Å². The van der Waals surface area contributed by atoms with Crippen LogP contribution in [0.25, 0.3) is 22.5 Å². The molecule has 4 N–H and O–H groups in total. The van der Waals surface area contributed by atoms with E-state index in [0.717, 1.165) is 63.8 Å². The molecule has 0 spiro atoms. The second-order valence-corrected chi connectivity index (χ2v) is 11.0. The molecule has 204 valence electrons. The average molecular weight is 552 g/mol. The lowest BCUT2D eigenvalue weighted by molar-refractivity contribution is -0.139. The minimum absolute atomic E-state index is 0.208. The number of tetrazole rings is 1. The fraction of sp³-hybridized carbons (Fsp3) is 0.458. The molecule has 2 aliphatic heterocycles. The van der Waals surface area contributed by atoms with Crippen molar-refractivity contribution in [3.8, 4) is 22.5 Å². The van der Waals surface area contributed by atoms with Crippen LogP contribution in [0.3, 0.4) is 0 Å². The lowest BCUT2D eigenvalue weighted by atomic mass is 9.87. The number of hydrogen-bond donors (Lipinski definition) is 3. The second-order valence-electron chi connectivity index (χ2n) is 9.55. The molecule has 1 aromatic heterocycles. The zero-order valence-corrected chi connectivity index (χ0v) is 21.2. The molecule has 3 aromatic rings. The highest BCUT2D eigenvalue weighted by Gasteiger charge is 2.39. The zero-order valence-electron chi connectivity index (χ0n) is 20.4. The van der Waals surface area contributed by atoms with Gasteiger partial charge in [0.1, 0.15) is 4.90 Å². The Morgan fingerprint density at radius 3 is 2.42 bits per heavy atom. The van der Waals surface area contributed by atoms with Crippen molar-refractivity contribution in [3.63, 3.8) is 0 Å². The van der Waals surface area contributed by atoms with Crippen LogP contribution in [-0.2, 0) is 20.9 Å². The highest BCUT2D eigenvalue weighted by atomic mass is 32.2. The highest BCUT2D eigenvalue weighted by Crippen LogP contribution is 2.43. The summed E-state index contributed by atoms with van der Waals surface area (Å²) < 4.78 is 71.9. The maximum absolute atomic E-state index is 13.8. The molecule has 2 aliphatic rings. The Bertz CT molecular complexity index is 1350. The molecule has 1 atom stereocenters. The number of morpholine rings is 1. The summed E-state index contributed by atoms with van der Waals surface area (Å²) in [6.07, 6.45) is -2.80. The van der Waals surface area contributed by atoms with Crippen LogP contribution in [0.1, 0.15) is 29.9 Å². The molecule has 0 aliphatic carbocycles. The molecule has 38 heavy (non-hydrogen) atoms. The van der Waals surface area contributed by atoms with Gasteiger partial charge < -0.3 is 15.0 Å². The number of nitrogens with zero attached hydrogens (tertiary/aromatic N) is 4. The number of piperidine rings is 1. The van der Waals surface area contributed by atoms with Gasteiger partial charge in [0, 0.05) is 25.2 Å². The van der Waals surface area contributed by atoms with Gasteiger partial charge in [0.2, 0.25) is 10.0 Å². The van der Waals surface area contributed by atoms with Crippen molar-refractivity contribution in [1.29, 1.82) is 0 Å². The molecule has 10 nitrogen and oxygen atoms in total. The minimum Gasteiger partial charge on any atom is -0.374 e. The van der Waals surface area contributed by atoms with Crippen LogP contribution in [-0.4, -0.2) is 79.4 Å². The summed E-state index contributed by atoms with van der Waals surface area (Å²) in [5, 5.41) is 21.5. The molecule has 5 rings (SSSR count). The van der Waals surface area contributed by atoms with Crippen LogP contribution in [0, 0.1) is 0 Å². The summed E-state index contributed by atoms with van der Waals surface area (Å²) in [7, 11) is -4.80. The molecular weight excluding hydrogens is 523 g/mol. The standard InChI is InChI=1S/C24H28F3N7O3S/c25-24(26,27)20-6-5-19(21(22(20)38(28,35)36)23-30-32-33-31-23)17-3-1-15(2-4-17)16-7-10-34(11-8-16)14-18-13-29-9-12-37-18/h1-6,16,18,29H,7-14H2,(H2,28,35,36)(H,30,31,32,33)/t18-/m0/s1. The fourth-order valence-electron chi connectivity index (χ4n) is 5.25. The number of sulfonamides is 1. The van der Waals surface area contributed by atoms with Gasteiger partial charge in [-0.1, -0.05) is 30.3 Å². The summed E-state index contributed by atoms with van der Waals surface area (Å²) in [6, 6.07) is 9.34. The third-order valence-corrected chi connectivity index (χ3v) is 8.07. The Morgan fingerprint density at radius 2 is 1.84 bits per heavy atom. The predicted molar refractivity (Wildman–Crippen MR) is 132 cm³/mol. The van der Waals surface area contributed by atoms with Gasteiger partial charge in [0.25, 0.3) is 0 Å². The first kappa shape index (κ1) is 26.7. The summed E-state index contributed by atoms with van der Waals surface area (Å²) in [4.78, 5) is 1.34. The molecule has 2 fully saturated rings. The van der Waals surface area contributed by atoms with Crippen molar-refractivity contribution >= 4 is 10.0 Å². The molecule has 0 amide bonds. The molecule has 0 radical (unpaired) electrons. The van der Waals surface area contributed by atoms with E-state index in [0.29, 0.717) is 11.5 Å². The first-order chi connectivity index (χ1) is 18.1. The van der Waals surface area contributed by atoms with E-state index in [1.165, 1.54) is 6.07 Å². The van der Waals surface area contributed by atoms with Gasteiger partial charge in [0.15, 0.2) is 5.82 Å². The van der Waals surface area contributed by atoms with Gasteiger partial charge in [-0.25, -0.2) is 18.7 Å². The number of nitrogens with two attached hydrogens (primary N) is 1. The SMILES string of the molecule is NS(=O)(=O)c1c(C(F)(F)F)ccc(-c2ccc(C3CCN(C[C@@H]4CNCCO4)CC3)cc2)c1-c1nnn[nH]1. The zero-order chi connectivity index (χ0) is 26.9. The van der Waals surface area contributed by atoms with Crippen molar-refractivity contribution < 1.29 is 26.3 Å². The van der Waals surface area contributed by atoms with Crippen molar-refractivity contribution in [2.24, 2.45) is 5.14 Å². The monoisotopic (exact) mass is 551 g/mol. The Balaban J connectivity index is 1.41. The van der Waals surface area contributed by atoms with E-state index in [1.54, 1.807) is 12.1 Å². The number of H-pyrrole nitrogens is 1. The van der Waals surface area contributed by atoms with E-state index in [1.807, 2.05) is 12.1 Å². The summed E-state index contributed by atoms with van der Waals surface area (Å²) in [5.74, 6) is 0.111. The molecule has 2 saturated heterocycles.